The average molecular weight is 230 g/mol. The lowest BCUT2D eigenvalue weighted by molar-refractivity contribution is 0.281. The molecule has 0 aromatic heterocycles. The topological polar surface area (TPSA) is 20.2 Å². The van der Waals surface area contributed by atoms with Crippen molar-refractivity contribution in [2.75, 3.05) is 0 Å². The molecule has 2 aromatic carbocycles. The molecule has 2 heteroatoms. The van der Waals surface area contributed by atoms with Crippen LogP contribution in [-0.2, 0) is 6.61 Å². The van der Waals surface area contributed by atoms with Gasteiger partial charge in [0.15, 0.2) is 0 Å². The van der Waals surface area contributed by atoms with Crippen LogP contribution < -0.4 is 0 Å². The van der Waals surface area contributed by atoms with Gasteiger partial charge in [0.05, 0.1) is 6.61 Å². The lowest BCUT2D eigenvalue weighted by Crippen LogP contribution is -1.92. The van der Waals surface area contributed by atoms with Gasteiger partial charge in [0.25, 0.3) is 0 Å². The molecule has 2 aromatic rings. The second kappa shape index (κ2) is 4.68. The molecule has 0 fully saturated rings. The van der Waals surface area contributed by atoms with E-state index in [1.54, 1.807) is 0 Å². The van der Waals surface area contributed by atoms with Crippen LogP contribution in [0, 0.1) is 19.7 Å². The van der Waals surface area contributed by atoms with Gasteiger partial charge in [-0.2, -0.15) is 0 Å². The van der Waals surface area contributed by atoms with Crippen LogP contribution in [-0.4, -0.2) is 5.11 Å². The predicted molar refractivity (Wildman–Crippen MR) is 67.2 cm³/mol. The summed E-state index contributed by atoms with van der Waals surface area (Å²) in [6.07, 6.45) is 0. The summed E-state index contributed by atoms with van der Waals surface area (Å²) >= 11 is 0. The Kier molecular flexibility index (Phi) is 3.25. The first kappa shape index (κ1) is 11.8. The molecule has 0 aliphatic carbocycles. The fourth-order valence-electron chi connectivity index (χ4n) is 2.16. The summed E-state index contributed by atoms with van der Waals surface area (Å²) < 4.78 is 13.5. The summed E-state index contributed by atoms with van der Waals surface area (Å²) in [4.78, 5) is 0. The fraction of sp³-hybridized carbons (Fsp3) is 0.200. The zero-order valence-corrected chi connectivity index (χ0v) is 10.00. The Bertz CT molecular complexity index is 526. The van der Waals surface area contributed by atoms with Gasteiger partial charge in [-0.3, -0.25) is 0 Å². The van der Waals surface area contributed by atoms with Crippen LogP contribution in [0.2, 0.25) is 0 Å². The molecule has 1 nitrogen and oxygen atoms in total. The van der Waals surface area contributed by atoms with Crippen molar-refractivity contribution in [3.8, 4) is 11.1 Å². The lowest BCUT2D eigenvalue weighted by Gasteiger charge is -2.11. The van der Waals surface area contributed by atoms with Gasteiger partial charge < -0.3 is 5.11 Å². The van der Waals surface area contributed by atoms with Gasteiger partial charge in [-0.05, 0) is 59.9 Å². The maximum absolute atomic E-state index is 13.5. The molecule has 88 valence electrons. The summed E-state index contributed by atoms with van der Waals surface area (Å²) in [5.41, 5.74) is 4.69. The third kappa shape index (κ3) is 2.37. The Hall–Kier alpha value is -1.67. The second-order valence-electron chi connectivity index (χ2n) is 4.27. The monoisotopic (exact) mass is 230 g/mol. The van der Waals surface area contributed by atoms with Crippen molar-refractivity contribution in [1.82, 2.24) is 0 Å². The molecule has 0 unspecified atom stereocenters. The third-order valence-corrected chi connectivity index (χ3v) is 2.91. The van der Waals surface area contributed by atoms with Crippen LogP contribution in [0.25, 0.3) is 11.1 Å². The Morgan fingerprint density at radius 1 is 1.06 bits per heavy atom. The van der Waals surface area contributed by atoms with Crippen LogP contribution >= 0.6 is 0 Å². The SMILES string of the molecule is Cc1cccc(C)c1-c1cc(F)cc(CO)c1. The molecule has 0 radical (unpaired) electrons. The summed E-state index contributed by atoms with van der Waals surface area (Å²) in [5, 5.41) is 9.11. The highest BCUT2D eigenvalue weighted by Gasteiger charge is 2.07. The highest BCUT2D eigenvalue weighted by Crippen LogP contribution is 2.28. The Morgan fingerprint density at radius 3 is 2.29 bits per heavy atom. The summed E-state index contributed by atoms with van der Waals surface area (Å²) in [5.74, 6) is -0.311. The minimum Gasteiger partial charge on any atom is -0.392 e. The molecular weight excluding hydrogens is 215 g/mol. The lowest BCUT2D eigenvalue weighted by atomic mass is 9.94. The number of rotatable bonds is 2. The molecule has 0 amide bonds. The number of aliphatic hydroxyl groups excluding tert-OH is 1. The number of benzene rings is 2. The van der Waals surface area contributed by atoms with Crippen molar-refractivity contribution >= 4 is 0 Å². The fourth-order valence-corrected chi connectivity index (χ4v) is 2.16. The minimum atomic E-state index is -0.311. The van der Waals surface area contributed by atoms with Crippen molar-refractivity contribution in [1.29, 1.82) is 0 Å². The van der Waals surface area contributed by atoms with E-state index in [0.717, 1.165) is 22.3 Å². The van der Waals surface area contributed by atoms with E-state index in [1.807, 2.05) is 38.1 Å². The zero-order chi connectivity index (χ0) is 12.4. The van der Waals surface area contributed by atoms with Gasteiger partial charge >= 0.3 is 0 Å². The molecule has 0 saturated carbocycles. The van der Waals surface area contributed by atoms with Gasteiger partial charge in [-0.1, -0.05) is 18.2 Å². The van der Waals surface area contributed by atoms with Crippen LogP contribution in [0.1, 0.15) is 16.7 Å². The highest BCUT2D eigenvalue weighted by atomic mass is 19.1. The van der Waals surface area contributed by atoms with Gasteiger partial charge in [0.2, 0.25) is 0 Å². The predicted octanol–water partition coefficient (Wildman–Crippen LogP) is 3.60. The van der Waals surface area contributed by atoms with Crippen molar-refractivity contribution in [2.45, 2.75) is 20.5 Å². The zero-order valence-electron chi connectivity index (χ0n) is 10.00. The Morgan fingerprint density at radius 2 is 1.71 bits per heavy atom. The molecule has 1 N–H and O–H groups in total. The summed E-state index contributed by atoms with van der Waals surface area (Å²) in [7, 11) is 0. The molecule has 0 bridgehead atoms. The van der Waals surface area contributed by atoms with Crippen LogP contribution in [0.5, 0.6) is 0 Å². The Labute approximate surface area is 101 Å². The molecule has 2 rings (SSSR count). The average Bonchev–Trinajstić information content (AvgIpc) is 2.28. The number of aryl methyl sites for hydroxylation is 2. The van der Waals surface area contributed by atoms with Gasteiger partial charge in [-0.15, -0.1) is 0 Å². The van der Waals surface area contributed by atoms with E-state index in [-0.39, 0.29) is 12.4 Å². The minimum absolute atomic E-state index is 0.143. The first-order valence-electron chi connectivity index (χ1n) is 5.58. The van der Waals surface area contributed by atoms with E-state index in [1.165, 1.54) is 12.1 Å². The van der Waals surface area contributed by atoms with Crippen molar-refractivity contribution in [3.05, 3.63) is 58.9 Å². The first-order chi connectivity index (χ1) is 8.11. The van der Waals surface area contributed by atoms with Crippen LogP contribution in [0.15, 0.2) is 36.4 Å². The van der Waals surface area contributed by atoms with E-state index in [0.29, 0.717) is 5.56 Å². The maximum atomic E-state index is 13.5. The number of hydrogen-bond donors (Lipinski definition) is 1. The number of hydrogen-bond acceptors (Lipinski definition) is 1. The molecule has 0 saturated heterocycles. The molecule has 17 heavy (non-hydrogen) atoms. The summed E-state index contributed by atoms with van der Waals surface area (Å²) in [6.45, 7) is 3.87. The second-order valence-corrected chi connectivity index (χ2v) is 4.27. The van der Waals surface area contributed by atoms with Crippen LogP contribution in [0.3, 0.4) is 0 Å². The summed E-state index contributed by atoms with van der Waals surface area (Å²) in [6, 6.07) is 10.7. The van der Waals surface area contributed by atoms with Crippen molar-refractivity contribution in [2.24, 2.45) is 0 Å². The standard InChI is InChI=1S/C15H15FO/c1-10-4-3-5-11(2)15(10)13-6-12(9-17)7-14(16)8-13/h3-8,17H,9H2,1-2H3. The third-order valence-electron chi connectivity index (χ3n) is 2.91. The van der Waals surface area contributed by atoms with E-state index < -0.39 is 0 Å². The molecular formula is C15H15FO. The van der Waals surface area contributed by atoms with Gasteiger partial charge in [0, 0.05) is 0 Å². The van der Waals surface area contributed by atoms with Crippen molar-refractivity contribution in [3.63, 3.8) is 0 Å². The Balaban J connectivity index is 2.64. The maximum Gasteiger partial charge on any atom is 0.124 e. The number of halogens is 1. The van der Waals surface area contributed by atoms with E-state index in [4.69, 9.17) is 5.11 Å². The molecule has 0 atom stereocenters. The smallest absolute Gasteiger partial charge is 0.124 e. The number of aliphatic hydroxyl groups is 1. The molecule has 0 aliphatic rings. The normalized spacial score (nSPS) is 10.6. The van der Waals surface area contributed by atoms with Gasteiger partial charge in [-0.25, -0.2) is 4.39 Å². The molecule has 0 heterocycles. The van der Waals surface area contributed by atoms with Gasteiger partial charge in [0.1, 0.15) is 5.82 Å². The molecule has 0 aliphatic heterocycles. The first-order valence-corrected chi connectivity index (χ1v) is 5.58. The van der Waals surface area contributed by atoms with Crippen LogP contribution in [0.4, 0.5) is 4.39 Å². The highest BCUT2D eigenvalue weighted by molar-refractivity contribution is 5.71. The van der Waals surface area contributed by atoms with E-state index in [9.17, 15) is 4.39 Å². The van der Waals surface area contributed by atoms with E-state index in [2.05, 4.69) is 0 Å². The molecule has 0 spiro atoms. The van der Waals surface area contributed by atoms with Crippen molar-refractivity contribution < 1.29 is 9.50 Å². The van der Waals surface area contributed by atoms with E-state index >= 15 is 0 Å². The quantitative estimate of drug-likeness (QED) is 0.835. The largest absolute Gasteiger partial charge is 0.392 e.